The Hall–Kier alpha value is -2.21. The number of hydrogen-bond donors (Lipinski definition) is 1. The number of nitrogens with zero attached hydrogens (tertiary/aromatic N) is 3. The first kappa shape index (κ1) is 14.7. The molecule has 0 aliphatic rings. The summed E-state index contributed by atoms with van der Waals surface area (Å²) in [4.78, 5) is 14.2. The maximum absolute atomic E-state index is 12.2. The number of carbonyl (C=O) groups excluding carboxylic acids is 1. The first-order chi connectivity index (χ1) is 10.7. The number of rotatable bonds is 5. The molecule has 0 radical (unpaired) electrons. The SMILES string of the molecule is CCc1sc(C(=O)NCCc2nnc3ccccn23)cc1C. The predicted molar refractivity (Wildman–Crippen MR) is 87.5 cm³/mol. The number of carbonyl (C=O) groups is 1. The third-order valence-corrected chi connectivity index (χ3v) is 4.96. The minimum atomic E-state index is -0.0124. The maximum atomic E-state index is 12.2. The third-order valence-electron chi connectivity index (χ3n) is 3.58. The highest BCUT2D eigenvalue weighted by Crippen LogP contribution is 2.22. The van der Waals surface area contributed by atoms with E-state index in [1.165, 1.54) is 10.4 Å². The Morgan fingerprint density at radius 2 is 2.23 bits per heavy atom. The first-order valence-corrected chi connectivity index (χ1v) is 8.17. The standard InChI is InChI=1S/C16H18N4OS/c1-3-12-11(2)10-13(22-12)16(21)17-8-7-15-19-18-14-6-4-5-9-20(14)15/h4-6,9-10H,3,7-8H2,1-2H3,(H,17,21). The van der Waals surface area contributed by atoms with Crippen LogP contribution in [0, 0.1) is 6.92 Å². The third kappa shape index (κ3) is 2.87. The van der Waals surface area contributed by atoms with Gasteiger partial charge in [0.2, 0.25) is 0 Å². The average molecular weight is 314 g/mol. The molecule has 5 nitrogen and oxygen atoms in total. The summed E-state index contributed by atoms with van der Waals surface area (Å²) in [6, 6.07) is 7.75. The van der Waals surface area contributed by atoms with Gasteiger partial charge in [-0.1, -0.05) is 13.0 Å². The Bertz CT molecular complexity index is 805. The van der Waals surface area contributed by atoms with E-state index in [9.17, 15) is 4.79 Å². The lowest BCUT2D eigenvalue weighted by Crippen LogP contribution is -2.25. The Balaban J connectivity index is 1.61. The van der Waals surface area contributed by atoms with E-state index in [4.69, 9.17) is 0 Å². The van der Waals surface area contributed by atoms with Gasteiger partial charge in [-0.15, -0.1) is 21.5 Å². The van der Waals surface area contributed by atoms with E-state index in [1.807, 2.05) is 34.9 Å². The van der Waals surface area contributed by atoms with Crippen molar-refractivity contribution in [2.75, 3.05) is 6.54 Å². The Morgan fingerprint density at radius 1 is 1.36 bits per heavy atom. The molecule has 0 bridgehead atoms. The van der Waals surface area contributed by atoms with Crippen LogP contribution in [0.3, 0.4) is 0 Å². The van der Waals surface area contributed by atoms with Crippen molar-refractivity contribution in [1.82, 2.24) is 19.9 Å². The van der Waals surface area contributed by atoms with Crippen molar-refractivity contribution in [2.45, 2.75) is 26.7 Å². The summed E-state index contributed by atoms with van der Waals surface area (Å²) < 4.78 is 1.94. The molecule has 3 aromatic heterocycles. The molecule has 0 aliphatic carbocycles. The van der Waals surface area contributed by atoms with E-state index < -0.39 is 0 Å². The lowest BCUT2D eigenvalue weighted by Gasteiger charge is -2.02. The number of aryl methyl sites for hydroxylation is 2. The zero-order valence-electron chi connectivity index (χ0n) is 12.7. The van der Waals surface area contributed by atoms with Crippen molar-refractivity contribution < 1.29 is 4.79 Å². The minimum absolute atomic E-state index is 0.0124. The number of aromatic nitrogens is 3. The van der Waals surface area contributed by atoms with Gasteiger partial charge in [0, 0.05) is 24.0 Å². The monoisotopic (exact) mass is 314 g/mol. The van der Waals surface area contributed by atoms with Gasteiger partial charge in [0.25, 0.3) is 5.91 Å². The summed E-state index contributed by atoms with van der Waals surface area (Å²) in [5.74, 6) is 0.842. The van der Waals surface area contributed by atoms with Gasteiger partial charge >= 0.3 is 0 Å². The van der Waals surface area contributed by atoms with Gasteiger partial charge in [-0.3, -0.25) is 9.20 Å². The smallest absolute Gasteiger partial charge is 0.261 e. The Labute approximate surface area is 133 Å². The molecule has 0 aliphatic heterocycles. The molecule has 3 rings (SSSR count). The fourth-order valence-corrected chi connectivity index (χ4v) is 3.45. The van der Waals surface area contributed by atoms with Crippen LogP contribution in [0.4, 0.5) is 0 Å². The van der Waals surface area contributed by atoms with E-state index in [-0.39, 0.29) is 5.91 Å². The summed E-state index contributed by atoms with van der Waals surface area (Å²) in [7, 11) is 0. The van der Waals surface area contributed by atoms with Gasteiger partial charge < -0.3 is 5.32 Å². The van der Waals surface area contributed by atoms with Crippen LogP contribution in [0.15, 0.2) is 30.5 Å². The van der Waals surface area contributed by atoms with Crippen molar-refractivity contribution >= 4 is 22.9 Å². The largest absolute Gasteiger partial charge is 0.351 e. The number of pyridine rings is 1. The molecule has 0 fully saturated rings. The summed E-state index contributed by atoms with van der Waals surface area (Å²) in [5.41, 5.74) is 2.02. The summed E-state index contributed by atoms with van der Waals surface area (Å²) in [6.07, 6.45) is 3.56. The van der Waals surface area contributed by atoms with Crippen LogP contribution in [0.25, 0.3) is 5.65 Å². The molecular formula is C16H18N4OS. The lowest BCUT2D eigenvalue weighted by molar-refractivity contribution is 0.0958. The van der Waals surface area contributed by atoms with Crippen LogP contribution in [-0.2, 0) is 12.8 Å². The van der Waals surface area contributed by atoms with Crippen molar-refractivity contribution in [3.8, 4) is 0 Å². The molecule has 1 amide bonds. The maximum Gasteiger partial charge on any atom is 0.261 e. The van der Waals surface area contributed by atoms with E-state index >= 15 is 0 Å². The molecule has 3 heterocycles. The molecule has 22 heavy (non-hydrogen) atoms. The molecular weight excluding hydrogens is 296 g/mol. The van der Waals surface area contributed by atoms with Crippen LogP contribution in [0.2, 0.25) is 0 Å². The summed E-state index contributed by atoms with van der Waals surface area (Å²) in [6.45, 7) is 4.71. The zero-order chi connectivity index (χ0) is 15.5. The second-order valence-electron chi connectivity index (χ2n) is 5.12. The van der Waals surface area contributed by atoms with Gasteiger partial charge in [-0.2, -0.15) is 0 Å². The van der Waals surface area contributed by atoms with Crippen molar-refractivity contribution in [1.29, 1.82) is 0 Å². The predicted octanol–water partition coefficient (Wildman–Crippen LogP) is 2.63. The zero-order valence-corrected chi connectivity index (χ0v) is 13.5. The number of hydrogen-bond acceptors (Lipinski definition) is 4. The van der Waals surface area contributed by atoms with Gasteiger partial charge in [0.15, 0.2) is 5.65 Å². The second-order valence-corrected chi connectivity index (χ2v) is 6.26. The van der Waals surface area contributed by atoms with E-state index in [2.05, 4.69) is 29.4 Å². The van der Waals surface area contributed by atoms with Crippen LogP contribution >= 0.6 is 11.3 Å². The molecule has 0 atom stereocenters. The fraction of sp³-hybridized carbons (Fsp3) is 0.312. The van der Waals surface area contributed by atoms with Crippen LogP contribution in [0.5, 0.6) is 0 Å². The highest BCUT2D eigenvalue weighted by Gasteiger charge is 2.12. The molecule has 0 spiro atoms. The Kier molecular flexibility index (Phi) is 4.20. The highest BCUT2D eigenvalue weighted by molar-refractivity contribution is 7.14. The van der Waals surface area contributed by atoms with E-state index in [1.54, 1.807) is 11.3 Å². The minimum Gasteiger partial charge on any atom is -0.351 e. The number of amides is 1. The second kappa shape index (κ2) is 6.27. The molecule has 0 unspecified atom stereocenters. The molecule has 0 saturated carbocycles. The normalized spacial score (nSPS) is 11.0. The van der Waals surface area contributed by atoms with E-state index in [0.717, 1.165) is 22.8 Å². The van der Waals surface area contributed by atoms with Crippen LogP contribution in [0.1, 0.15) is 32.9 Å². The topological polar surface area (TPSA) is 59.3 Å². The van der Waals surface area contributed by atoms with Gasteiger partial charge in [-0.05, 0) is 37.1 Å². The van der Waals surface area contributed by atoms with Crippen LogP contribution in [-0.4, -0.2) is 27.0 Å². The molecule has 0 saturated heterocycles. The number of fused-ring (bicyclic) bond motifs is 1. The van der Waals surface area contributed by atoms with Gasteiger partial charge in [0.1, 0.15) is 5.82 Å². The molecule has 6 heteroatoms. The molecule has 3 aromatic rings. The van der Waals surface area contributed by atoms with Crippen molar-refractivity contribution in [3.05, 3.63) is 51.6 Å². The van der Waals surface area contributed by atoms with Crippen LogP contribution < -0.4 is 5.32 Å². The van der Waals surface area contributed by atoms with Gasteiger partial charge in [0.05, 0.1) is 4.88 Å². The fourth-order valence-electron chi connectivity index (χ4n) is 2.42. The number of nitrogens with one attached hydrogen (secondary N) is 1. The Morgan fingerprint density at radius 3 is 3.00 bits per heavy atom. The summed E-state index contributed by atoms with van der Waals surface area (Å²) in [5, 5.41) is 11.2. The lowest BCUT2D eigenvalue weighted by atomic mass is 10.2. The highest BCUT2D eigenvalue weighted by atomic mass is 32.1. The molecule has 0 aromatic carbocycles. The first-order valence-electron chi connectivity index (χ1n) is 7.35. The van der Waals surface area contributed by atoms with E-state index in [0.29, 0.717) is 13.0 Å². The number of thiophene rings is 1. The van der Waals surface area contributed by atoms with Crippen molar-refractivity contribution in [3.63, 3.8) is 0 Å². The molecule has 1 N–H and O–H groups in total. The van der Waals surface area contributed by atoms with Crippen molar-refractivity contribution in [2.24, 2.45) is 0 Å². The summed E-state index contributed by atoms with van der Waals surface area (Å²) >= 11 is 1.57. The average Bonchev–Trinajstić information content (AvgIpc) is 3.11. The van der Waals surface area contributed by atoms with Gasteiger partial charge in [-0.25, -0.2) is 0 Å². The molecule has 114 valence electrons. The quantitative estimate of drug-likeness (QED) is 0.787.